The smallest absolute Gasteiger partial charge is 0.319 e. The Bertz CT molecular complexity index is 715. The predicted octanol–water partition coefficient (Wildman–Crippen LogP) is 3.13. The van der Waals surface area contributed by atoms with Crippen LogP contribution in [0.15, 0.2) is 42.5 Å². The molecule has 23 heavy (non-hydrogen) atoms. The third-order valence-corrected chi connectivity index (χ3v) is 3.90. The average molecular weight is 312 g/mol. The lowest BCUT2D eigenvalue weighted by molar-refractivity contribution is 0.222. The number of benzene rings is 2. The lowest BCUT2D eigenvalue weighted by Gasteiger charge is -2.26. The van der Waals surface area contributed by atoms with Crippen LogP contribution in [0.25, 0.3) is 0 Å². The standard InChI is InChI=1S/C18H20N2O3/c1-12-5-3-4-6-16(12)20-18(21)19-14-9-13-10-15(22-2)7-8-17(13)23-11-14/h3-8,10,14H,9,11H2,1-2H3,(H2,19,20,21). The summed E-state index contributed by atoms with van der Waals surface area (Å²) in [6.45, 7) is 2.42. The number of nitrogens with one attached hydrogen (secondary N) is 2. The molecule has 0 aliphatic carbocycles. The van der Waals surface area contributed by atoms with Gasteiger partial charge in [0.2, 0.25) is 0 Å². The van der Waals surface area contributed by atoms with Crippen molar-refractivity contribution in [1.29, 1.82) is 0 Å². The highest BCUT2D eigenvalue weighted by molar-refractivity contribution is 5.90. The maximum absolute atomic E-state index is 12.2. The van der Waals surface area contributed by atoms with Crippen molar-refractivity contribution in [2.75, 3.05) is 19.0 Å². The van der Waals surface area contributed by atoms with E-state index in [9.17, 15) is 4.79 Å². The van der Waals surface area contributed by atoms with E-state index in [1.165, 1.54) is 0 Å². The fourth-order valence-electron chi connectivity index (χ4n) is 2.65. The summed E-state index contributed by atoms with van der Waals surface area (Å²) in [5.41, 5.74) is 2.87. The number of rotatable bonds is 3. The Balaban J connectivity index is 1.63. The Morgan fingerprint density at radius 3 is 2.87 bits per heavy atom. The Morgan fingerprint density at radius 2 is 2.09 bits per heavy atom. The third-order valence-electron chi connectivity index (χ3n) is 3.90. The van der Waals surface area contributed by atoms with Crippen molar-refractivity contribution >= 4 is 11.7 Å². The van der Waals surface area contributed by atoms with Crippen LogP contribution >= 0.6 is 0 Å². The monoisotopic (exact) mass is 312 g/mol. The van der Waals surface area contributed by atoms with Crippen LogP contribution in [0.5, 0.6) is 11.5 Å². The van der Waals surface area contributed by atoms with Gasteiger partial charge < -0.3 is 20.1 Å². The first-order valence-corrected chi connectivity index (χ1v) is 7.58. The highest BCUT2D eigenvalue weighted by atomic mass is 16.5. The first-order valence-electron chi connectivity index (χ1n) is 7.58. The molecule has 0 saturated carbocycles. The molecule has 0 radical (unpaired) electrons. The van der Waals surface area contributed by atoms with Gasteiger partial charge in [-0.2, -0.15) is 0 Å². The Labute approximate surface area is 135 Å². The van der Waals surface area contributed by atoms with Crippen molar-refractivity contribution in [2.24, 2.45) is 0 Å². The topological polar surface area (TPSA) is 59.6 Å². The quantitative estimate of drug-likeness (QED) is 0.915. The molecule has 1 atom stereocenters. The second-order valence-corrected chi connectivity index (χ2v) is 5.60. The molecule has 1 unspecified atom stereocenters. The second-order valence-electron chi connectivity index (χ2n) is 5.60. The molecule has 120 valence electrons. The zero-order valence-corrected chi connectivity index (χ0v) is 13.3. The van der Waals surface area contributed by atoms with Gasteiger partial charge >= 0.3 is 6.03 Å². The number of urea groups is 1. The normalized spacial score (nSPS) is 16.0. The maximum Gasteiger partial charge on any atom is 0.319 e. The summed E-state index contributed by atoms with van der Waals surface area (Å²) in [6.07, 6.45) is 0.716. The summed E-state index contributed by atoms with van der Waals surface area (Å²) >= 11 is 0. The van der Waals surface area contributed by atoms with Gasteiger partial charge in [0, 0.05) is 5.69 Å². The Kier molecular flexibility index (Phi) is 4.37. The van der Waals surface area contributed by atoms with E-state index < -0.39 is 0 Å². The number of hydrogen-bond donors (Lipinski definition) is 2. The molecule has 2 N–H and O–H groups in total. The molecule has 1 heterocycles. The Morgan fingerprint density at radius 1 is 1.26 bits per heavy atom. The van der Waals surface area contributed by atoms with Crippen LogP contribution in [0.3, 0.4) is 0 Å². The van der Waals surface area contributed by atoms with Gasteiger partial charge in [-0.25, -0.2) is 4.79 Å². The number of carbonyl (C=O) groups is 1. The number of fused-ring (bicyclic) bond motifs is 1. The molecule has 0 saturated heterocycles. The number of ether oxygens (including phenoxy) is 2. The lowest BCUT2D eigenvalue weighted by Crippen LogP contribution is -2.44. The van der Waals surface area contributed by atoms with Crippen molar-refractivity contribution in [3.05, 3.63) is 53.6 Å². The van der Waals surface area contributed by atoms with Crippen LogP contribution in [0.4, 0.5) is 10.5 Å². The summed E-state index contributed by atoms with van der Waals surface area (Å²) in [5.74, 6) is 1.64. The molecule has 1 aliphatic heterocycles. The zero-order valence-electron chi connectivity index (χ0n) is 13.3. The molecule has 0 bridgehead atoms. The van der Waals surface area contributed by atoms with Gasteiger partial charge in [-0.3, -0.25) is 0 Å². The summed E-state index contributed by atoms with van der Waals surface area (Å²) in [7, 11) is 1.64. The molecule has 2 amide bonds. The van der Waals surface area contributed by atoms with Crippen LogP contribution in [-0.4, -0.2) is 25.8 Å². The fourth-order valence-corrected chi connectivity index (χ4v) is 2.65. The van der Waals surface area contributed by atoms with Crippen LogP contribution < -0.4 is 20.1 Å². The van der Waals surface area contributed by atoms with Gasteiger partial charge in [-0.1, -0.05) is 18.2 Å². The van der Waals surface area contributed by atoms with E-state index in [0.29, 0.717) is 13.0 Å². The van der Waals surface area contributed by atoms with Gasteiger partial charge in [0.25, 0.3) is 0 Å². The first kappa shape index (κ1) is 15.2. The minimum atomic E-state index is -0.223. The summed E-state index contributed by atoms with van der Waals surface area (Å²) in [4.78, 5) is 12.2. The van der Waals surface area contributed by atoms with E-state index in [0.717, 1.165) is 28.3 Å². The molecule has 2 aromatic rings. The van der Waals surface area contributed by atoms with Crippen molar-refractivity contribution in [3.8, 4) is 11.5 Å². The molecule has 0 aromatic heterocycles. The zero-order chi connectivity index (χ0) is 16.2. The summed E-state index contributed by atoms with van der Waals surface area (Å²) in [6, 6.07) is 13.1. The van der Waals surface area contributed by atoms with Gasteiger partial charge in [0.1, 0.15) is 18.1 Å². The number of hydrogen-bond acceptors (Lipinski definition) is 3. The van der Waals surface area contributed by atoms with Gasteiger partial charge in [-0.15, -0.1) is 0 Å². The average Bonchev–Trinajstić information content (AvgIpc) is 2.56. The summed E-state index contributed by atoms with van der Waals surface area (Å²) < 4.78 is 10.9. The van der Waals surface area contributed by atoms with Crippen molar-refractivity contribution in [2.45, 2.75) is 19.4 Å². The minimum Gasteiger partial charge on any atom is -0.497 e. The molecule has 1 aliphatic rings. The molecule has 5 heteroatoms. The van der Waals surface area contributed by atoms with Crippen LogP contribution in [-0.2, 0) is 6.42 Å². The molecule has 0 fully saturated rings. The lowest BCUT2D eigenvalue weighted by atomic mass is 10.0. The molecular weight excluding hydrogens is 292 g/mol. The van der Waals surface area contributed by atoms with Crippen molar-refractivity contribution in [3.63, 3.8) is 0 Å². The number of para-hydroxylation sites is 1. The van der Waals surface area contributed by atoms with E-state index >= 15 is 0 Å². The number of carbonyl (C=O) groups excluding carboxylic acids is 1. The minimum absolute atomic E-state index is 0.0707. The fraction of sp³-hybridized carbons (Fsp3) is 0.278. The van der Waals surface area contributed by atoms with E-state index in [-0.39, 0.29) is 12.1 Å². The van der Waals surface area contributed by atoms with Crippen molar-refractivity contribution in [1.82, 2.24) is 5.32 Å². The van der Waals surface area contributed by atoms with Gasteiger partial charge in [-0.05, 0) is 48.7 Å². The molecular formula is C18H20N2O3. The predicted molar refractivity (Wildman–Crippen MR) is 89.3 cm³/mol. The van der Waals surface area contributed by atoms with Gasteiger partial charge in [0.15, 0.2) is 0 Å². The number of anilines is 1. The Hall–Kier alpha value is -2.69. The van der Waals surface area contributed by atoms with Gasteiger partial charge in [0.05, 0.1) is 13.2 Å². The van der Waals surface area contributed by atoms with Crippen LogP contribution in [0.2, 0.25) is 0 Å². The van der Waals surface area contributed by atoms with E-state index in [1.54, 1.807) is 7.11 Å². The summed E-state index contributed by atoms with van der Waals surface area (Å²) in [5, 5.41) is 5.83. The van der Waals surface area contributed by atoms with E-state index in [1.807, 2.05) is 49.4 Å². The number of methoxy groups -OCH3 is 1. The molecule has 2 aromatic carbocycles. The highest BCUT2D eigenvalue weighted by Crippen LogP contribution is 2.28. The van der Waals surface area contributed by atoms with Crippen LogP contribution in [0.1, 0.15) is 11.1 Å². The largest absolute Gasteiger partial charge is 0.497 e. The maximum atomic E-state index is 12.2. The third kappa shape index (κ3) is 3.56. The second kappa shape index (κ2) is 6.60. The first-order chi connectivity index (χ1) is 11.2. The highest BCUT2D eigenvalue weighted by Gasteiger charge is 2.22. The van der Waals surface area contributed by atoms with E-state index in [4.69, 9.17) is 9.47 Å². The molecule has 0 spiro atoms. The van der Waals surface area contributed by atoms with E-state index in [2.05, 4.69) is 10.6 Å². The SMILES string of the molecule is COc1ccc2c(c1)CC(NC(=O)Nc1ccccc1C)CO2. The van der Waals surface area contributed by atoms with Crippen LogP contribution in [0, 0.1) is 6.92 Å². The van der Waals surface area contributed by atoms with Crippen molar-refractivity contribution < 1.29 is 14.3 Å². The molecule has 5 nitrogen and oxygen atoms in total. The number of aryl methyl sites for hydroxylation is 1. The number of amides is 2. The molecule has 3 rings (SSSR count).